The Morgan fingerprint density at radius 1 is 1.42 bits per heavy atom. The molecular weight excluding hydrogens is 248 g/mol. The number of hydrogen-bond donors (Lipinski definition) is 1. The van der Waals surface area contributed by atoms with Crippen LogP contribution in [0.1, 0.15) is 27.4 Å². The minimum absolute atomic E-state index is 0.154. The molecule has 19 heavy (non-hydrogen) atoms. The van der Waals surface area contributed by atoms with Crippen molar-refractivity contribution in [2.45, 2.75) is 20.4 Å². The van der Waals surface area contributed by atoms with Crippen molar-refractivity contribution in [3.05, 3.63) is 45.4 Å². The first-order chi connectivity index (χ1) is 8.91. The molecule has 2 aromatic rings. The third-order valence-electron chi connectivity index (χ3n) is 3.09. The maximum atomic E-state index is 12.0. The van der Waals surface area contributed by atoms with Gasteiger partial charge in [0.15, 0.2) is 5.82 Å². The Kier molecular flexibility index (Phi) is 3.20. The number of hydrogen-bond acceptors (Lipinski definition) is 4. The third kappa shape index (κ3) is 2.26. The van der Waals surface area contributed by atoms with Gasteiger partial charge in [0.1, 0.15) is 6.33 Å². The fourth-order valence-electron chi connectivity index (χ4n) is 2.03. The smallest absolute Gasteiger partial charge is 0.337 e. The van der Waals surface area contributed by atoms with Gasteiger partial charge in [0.2, 0.25) is 0 Å². The van der Waals surface area contributed by atoms with E-state index in [0.29, 0.717) is 17.1 Å². The SMILES string of the molecule is Cc1cc(=O)n(Cc2nncn2C)c(C)c1C(=O)O. The highest BCUT2D eigenvalue weighted by molar-refractivity contribution is 5.90. The lowest BCUT2D eigenvalue weighted by atomic mass is 10.1. The lowest BCUT2D eigenvalue weighted by molar-refractivity contribution is 0.0694. The predicted octanol–water partition coefficient (Wildman–Crippen LogP) is 0.340. The fraction of sp³-hybridized carbons (Fsp3) is 0.333. The van der Waals surface area contributed by atoms with Gasteiger partial charge in [-0.1, -0.05) is 0 Å². The van der Waals surface area contributed by atoms with E-state index in [1.807, 2.05) is 0 Å². The van der Waals surface area contributed by atoms with E-state index in [9.17, 15) is 14.7 Å². The van der Waals surface area contributed by atoms with Crippen LogP contribution in [-0.2, 0) is 13.6 Å². The molecule has 1 N–H and O–H groups in total. The number of aromatic nitrogens is 4. The van der Waals surface area contributed by atoms with E-state index >= 15 is 0 Å². The number of pyridine rings is 1. The number of aromatic carboxylic acids is 1. The molecule has 0 saturated heterocycles. The van der Waals surface area contributed by atoms with Crippen LogP contribution in [0.25, 0.3) is 0 Å². The number of aryl methyl sites for hydroxylation is 2. The lowest BCUT2D eigenvalue weighted by Gasteiger charge is -2.13. The van der Waals surface area contributed by atoms with Crippen LogP contribution in [0.4, 0.5) is 0 Å². The van der Waals surface area contributed by atoms with Crippen molar-refractivity contribution in [1.82, 2.24) is 19.3 Å². The average molecular weight is 262 g/mol. The Bertz CT molecular complexity index is 699. The van der Waals surface area contributed by atoms with Gasteiger partial charge in [-0.25, -0.2) is 4.79 Å². The largest absolute Gasteiger partial charge is 0.478 e. The molecule has 0 aliphatic rings. The van der Waals surface area contributed by atoms with Gasteiger partial charge >= 0.3 is 5.97 Å². The second-order valence-electron chi connectivity index (χ2n) is 4.38. The zero-order valence-corrected chi connectivity index (χ0v) is 10.9. The van der Waals surface area contributed by atoms with Gasteiger partial charge in [0.05, 0.1) is 12.1 Å². The fourth-order valence-corrected chi connectivity index (χ4v) is 2.03. The quantitative estimate of drug-likeness (QED) is 0.861. The molecule has 0 aromatic carbocycles. The van der Waals surface area contributed by atoms with Crippen molar-refractivity contribution in [2.24, 2.45) is 7.05 Å². The molecule has 0 atom stereocenters. The Morgan fingerprint density at radius 2 is 2.11 bits per heavy atom. The van der Waals surface area contributed by atoms with Crippen LogP contribution in [0.5, 0.6) is 0 Å². The summed E-state index contributed by atoms with van der Waals surface area (Å²) in [6, 6.07) is 1.33. The molecule has 100 valence electrons. The highest BCUT2D eigenvalue weighted by Gasteiger charge is 2.16. The van der Waals surface area contributed by atoms with E-state index in [1.54, 1.807) is 25.5 Å². The summed E-state index contributed by atoms with van der Waals surface area (Å²) in [6.07, 6.45) is 1.53. The van der Waals surface area contributed by atoms with Crippen molar-refractivity contribution in [2.75, 3.05) is 0 Å². The molecular formula is C12H14N4O3. The van der Waals surface area contributed by atoms with Gasteiger partial charge in [0, 0.05) is 18.8 Å². The number of carboxylic acids is 1. The van der Waals surface area contributed by atoms with Crippen molar-refractivity contribution in [3.63, 3.8) is 0 Å². The predicted molar refractivity (Wildman–Crippen MR) is 67.2 cm³/mol. The maximum absolute atomic E-state index is 12.0. The summed E-state index contributed by atoms with van der Waals surface area (Å²) < 4.78 is 3.08. The van der Waals surface area contributed by atoms with Crippen LogP contribution in [0.2, 0.25) is 0 Å². The van der Waals surface area contributed by atoms with Crippen LogP contribution < -0.4 is 5.56 Å². The normalized spacial score (nSPS) is 10.7. The van der Waals surface area contributed by atoms with E-state index in [1.165, 1.54) is 17.0 Å². The van der Waals surface area contributed by atoms with E-state index in [2.05, 4.69) is 10.2 Å². The zero-order chi connectivity index (χ0) is 14.2. The molecule has 0 spiro atoms. The van der Waals surface area contributed by atoms with Gasteiger partial charge in [0.25, 0.3) is 5.56 Å². The van der Waals surface area contributed by atoms with E-state index in [4.69, 9.17) is 0 Å². The van der Waals surface area contributed by atoms with Crippen molar-refractivity contribution in [3.8, 4) is 0 Å². The summed E-state index contributed by atoms with van der Waals surface area (Å²) in [5.74, 6) is -0.452. The molecule has 0 aliphatic carbocycles. The molecule has 2 aromatic heterocycles. The number of nitrogens with zero attached hydrogens (tertiary/aromatic N) is 4. The second kappa shape index (κ2) is 4.68. The molecule has 0 saturated carbocycles. The van der Waals surface area contributed by atoms with E-state index < -0.39 is 5.97 Å². The minimum atomic E-state index is -1.04. The summed E-state index contributed by atoms with van der Waals surface area (Å²) in [5, 5.41) is 16.8. The first-order valence-corrected chi connectivity index (χ1v) is 5.69. The highest BCUT2D eigenvalue weighted by atomic mass is 16.4. The molecule has 7 heteroatoms. The average Bonchev–Trinajstić information content (AvgIpc) is 2.69. The molecule has 0 unspecified atom stereocenters. The zero-order valence-electron chi connectivity index (χ0n) is 10.9. The summed E-state index contributed by atoms with van der Waals surface area (Å²) in [4.78, 5) is 23.2. The standard InChI is InChI=1S/C12H14N4O3/c1-7-4-10(17)16(8(2)11(7)12(18)19)5-9-14-13-6-15(9)3/h4,6H,5H2,1-3H3,(H,18,19). The molecule has 0 amide bonds. The molecule has 0 aliphatic heterocycles. The number of carbonyl (C=O) groups is 1. The van der Waals surface area contributed by atoms with Gasteiger partial charge < -0.3 is 14.2 Å². The van der Waals surface area contributed by atoms with Crippen LogP contribution in [0.15, 0.2) is 17.2 Å². The van der Waals surface area contributed by atoms with Crippen molar-refractivity contribution < 1.29 is 9.90 Å². The van der Waals surface area contributed by atoms with Gasteiger partial charge in [-0.05, 0) is 19.4 Å². The third-order valence-corrected chi connectivity index (χ3v) is 3.09. The molecule has 0 radical (unpaired) electrons. The highest BCUT2D eigenvalue weighted by Crippen LogP contribution is 2.12. The summed E-state index contributed by atoms with van der Waals surface area (Å²) in [7, 11) is 1.77. The first kappa shape index (κ1) is 13.0. The van der Waals surface area contributed by atoms with E-state index in [-0.39, 0.29) is 17.7 Å². The topological polar surface area (TPSA) is 90.0 Å². The second-order valence-corrected chi connectivity index (χ2v) is 4.38. The Morgan fingerprint density at radius 3 is 2.63 bits per heavy atom. The Balaban J connectivity index is 2.58. The van der Waals surface area contributed by atoms with Crippen LogP contribution >= 0.6 is 0 Å². The maximum Gasteiger partial charge on any atom is 0.337 e. The van der Waals surface area contributed by atoms with Crippen LogP contribution in [0.3, 0.4) is 0 Å². The minimum Gasteiger partial charge on any atom is -0.478 e. The van der Waals surface area contributed by atoms with Crippen LogP contribution in [0, 0.1) is 13.8 Å². The number of rotatable bonds is 3. The molecule has 2 rings (SSSR count). The van der Waals surface area contributed by atoms with Crippen molar-refractivity contribution in [1.29, 1.82) is 0 Å². The molecule has 7 nitrogen and oxygen atoms in total. The molecule has 0 fully saturated rings. The first-order valence-electron chi connectivity index (χ1n) is 5.69. The summed E-state index contributed by atoms with van der Waals surface area (Å²) in [5.41, 5.74) is 0.787. The summed E-state index contributed by atoms with van der Waals surface area (Å²) in [6.45, 7) is 3.43. The Labute approximate surface area is 109 Å². The van der Waals surface area contributed by atoms with Gasteiger partial charge in [-0.2, -0.15) is 0 Å². The van der Waals surface area contributed by atoms with Gasteiger partial charge in [-0.15, -0.1) is 10.2 Å². The Hall–Kier alpha value is -2.44. The van der Waals surface area contributed by atoms with Gasteiger partial charge in [-0.3, -0.25) is 4.79 Å². The van der Waals surface area contributed by atoms with E-state index in [0.717, 1.165) is 0 Å². The summed E-state index contributed by atoms with van der Waals surface area (Å²) >= 11 is 0. The number of carboxylic acid groups (broad SMARTS) is 1. The lowest BCUT2D eigenvalue weighted by Crippen LogP contribution is -2.27. The molecule has 2 heterocycles. The molecule has 0 bridgehead atoms. The monoisotopic (exact) mass is 262 g/mol. The van der Waals surface area contributed by atoms with Crippen LogP contribution in [-0.4, -0.2) is 30.4 Å². The van der Waals surface area contributed by atoms with Crippen molar-refractivity contribution >= 4 is 5.97 Å².